The van der Waals surface area contributed by atoms with Crippen molar-refractivity contribution in [2.45, 2.75) is 20.0 Å². The molecule has 2 aromatic rings. The normalized spacial score (nSPS) is 10.5. The number of methoxy groups -OCH3 is 1. The molecule has 28 heavy (non-hydrogen) atoms. The van der Waals surface area contributed by atoms with Gasteiger partial charge in [0, 0.05) is 12.1 Å². The van der Waals surface area contributed by atoms with Gasteiger partial charge in [-0.1, -0.05) is 28.1 Å². The Morgan fingerprint density at radius 3 is 2.46 bits per heavy atom. The lowest BCUT2D eigenvalue weighted by molar-refractivity contribution is 0.0523. The first-order valence-electron chi connectivity index (χ1n) is 8.73. The molecule has 150 valence electrons. The molecule has 0 aliphatic rings. The summed E-state index contributed by atoms with van der Waals surface area (Å²) in [6.07, 6.45) is 0.294. The fourth-order valence-corrected chi connectivity index (χ4v) is 2.82. The molecule has 2 rings (SSSR count). The van der Waals surface area contributed by atoms with Crippen LogP contribution in [0.3, 0.4) is 0 Å². The summed E-state index contributed by atoms with van der Waals surface area (Å²) < 4.78 is 15.8. The van der Waals surface area contributed by atoms with Crippen LogP contribution in [0.4, 0.5) is 0 Å². The Labute approximate surface area is 171 Å². The smallest absolute Gasteiger partial charge is 0.339 e. The predicted molar refractivity (Wildman–Crippen MR) is 107 cm³/mol. The van der Waals surface area contributed by atoms with Gasteiger partial charge in [0.15, 0.2) is 5.78 Å². The number of ether oxygens (including phenoxy) is 3. The van der Waals surface area contributed by atoms with E-state index in [-0.39, 0.29) is 29.7 Å². The summed E-state index contributed by atoms with van der Waals surface area (Å²) in [5, 5.41) is -0.0112. The molecule has 0 unspecified atom stereocenters. The molecular weight excluding hydrogens is 430 g/mol. The first-order chi connectivity index (χ1) is 13.5. The van der Waals surface area contributed by atoms with E-state index in [9.17, 15) is 14.4 Å². The van der Waals surface area contributed by atoms with Gasteiger partial charge in [0.2, 0.25) is 0 Å². The van der Waals surface area contributed by atoms with Crippen LogP contribution in [0.5, 0.6) is 5.75 Å². The van der Waals surface area contributed by atoms with Gasteiger partial charge >= 0.3 is 5.97 Å². The number of aromatic nitrogens is 1. The lowest BCUT2D eigenvalue weighted by Gasteiger charge is -2.11. The molecule has 0 atom stereocenters. The van der Waals surface area contributed by atoms with Gasteiger partial charge in [0.1, 0.15) is 5.75 Å². The summed E-state index contributed by atoms with van der Waals surface area (Å²) in [6, 6.07) is 8.76. The summed E-state index contributed by atoms with van der Waals surface area (Å²) in [5.74, 6) is -0.236. The van der Waals surface area contributed by atoms with E-state index >= 15 is 0 Å². The lowest BCUT2D eigenvalue weighted by Crippen LogP contribution is -2.24. The van der Waals surface area contributed by atoms with Crippen molar-refractivity contribution in [3.63, 3.8) is 0 Å². The summed E-state index contributed by atoms with van der Waals surface area (Å²) >= 11 is 3.03. The van der Waals surface area contributed by atoms with Gasteiger partial charge < -0.3 is 19.2 Å². The highest BCUT2D eigenvalue weighted by atomic mass is 79.9. The SMILES string of the molecule is CCOC(=O)c1cc(C(=O)CBr)c(=O)[nH]c1CCOCc1ccc(OC)cc1. The first-order valence-corrected chi connectivity index (χ1v) is 9.85. The lowest BCUT2D eigenvalue weighted by atomic mass is 10.1. The molecule has 1 aromatic heterocycles. The summed E-state index contributed by atoms with van der Waals surface area (Å²) in [7, 11) is 1.60. The minimum atomic E-state index is -0.590. The molecule has 0 aliphatic heterocycles. The van der Waals surface area contributed by atoms with E-state index in [0.717, 1.165) is 11.3 Å². The topological polar surface area (TPSA) is 94.7 Å². The van der Waals surface area contributed by atoms with Crippen molar-refractivity contribution in [1.82, 2.24) is 4.98 Å². The number of alkyl halides is 1. The van der Waals surface area contributed by atoms with Crippen LogP contribution in [0.25, 0.3) is 0 Å². The fraction of sp³-hybridized carbons (Fsp3) is 0.350. The maximum absolute atomic E-state index is 12.2. The third-order valence-electron chi connectivity index (χ3n) is 3.96. The van der Waals surface area contributed by atoms with Gasteiger partial charge in [-0.2, -0.15) is 0 Å². The number of nitrogens with one attached hydrogen (secondary N) is 1. The van der Waals surface area contributed by atoms with Gasteiger partial charge in [0.05, 0.1) is 43.4 Å². The number of esters is 1. The quantitative estimate of drug-likeness (QED) is 0.258. The molecule has 7 nitrogen and oxygen atoms in total. The molecule has 1 N–H and O–H groups in total. The van der Waals surface area contributed by atoms with E-state index in [1.54, 1.807) is 14.0 Å². The zero-order chi connectivity index (χ0) is 20.5. The third-order valence-corrected chi connectivity index (χ3v) is 4.47. The molecular formula is C20H22BrNO6. The number of Topliss-reactive ketones (excluding diaryl/α,β-unsaturated/α-hetero) is 1. The standard InChI is InChI=1S/C20H22BrNO6/c1-3-28-20(25)15-10-16(18(23)11-21)19(24)22-17(15)8-9-27-12-13-4-6-14(26-2)7-5-13/h4-7,10H,3,8-9,11-12H2,1-2H3,(H,22,24). The average molecular weight is 452 g/mol. The zero-order valence-corrected chi connectivity index (χ0v) is 17.3. The molecule has 0 aliphatic carbocycles. The van der Waals surface area contributed by atoms with Crippen molar-refractivity contribution >= 4 is 27.7 Å². The summed E-state index contributed by atoms with van der Waals surface area (Å²) in [6.45, 7) is 2.53. The van der Waals surface area contributed by atoms with E-state index in [1.807, 2.05) is 24.3 Å². The number of benzene rings is 1. The Hall–Kier alpha value is -2.45. The summed E-state index contributed by atoms with van der Waals surface area (Å²) in [5.41, 5.74) is 0.895. The van der Waals surface area contributed by atoms with Gasteiger partial charge in [-0.15, -0.1) is 0 Å². The van der Waals surface area contributed by atoms with Crippen LogP contribution in [0.15, 0.2) is 35.1 Å². The van der Waals surface area contributed by atoms with Crippen molar-refractivity contribution in [2.75, 3.05) is 25.7 Å². The molecule has 0 saturated heterocycles. The van der Waals surface area contributed by atoms with Crippen LogP contribution in [0.2, 0.25) is 0 Å². The fourth-order valence-electron chi connectivity index (χ4n) is 2.52. The second kappa shape index (κ2) is 10.8. The number of halogens is 1. The van der Waals surface area contributed by atoms with Gasteiger partial charge in [-0.25, -0.2) is 4.79 Å². The van der Waals surface area contributed by atoms with Gasteiger partial charge in [-0.3, -0.25) is 9.59 Å². The van der Waals surface area contributed by atoms with Crippen LogP contribution < -0.4 is 10.3 Å². The molecule has 0 saturated carbocycles. The number of aromatic amines is 1. The van der Waals surface area contributed by atoms with Crippen molar-refractivity contribution in [3.05, 3.63) is 63.1 Å². The highest BCUT2D eigenvalue weighted by Crippen LogP contribution is 2.13. The van der Waals surface area contributed by atoms with Crippen molar-refractivity contribution in [3.8, 4) is 5.75 Å². The van der Waals surface area contributed by atoms with Crippen LogP contribution in [-0.4, -0.2) is 42.4 Å². The zero-order valence-electron chi connectivity index (χ0n) is 15.7. The predicted octanol–water partition coefficient (Wildman–Crippen LogP) is 2.90. The monoisotopic (exact) mass is 451 g/mol. The van der Waals surface area contributed by atoms with Gasteiger partial charge in [0.25, 0.3) is 5.56 Å². The van der Waals surface area contributed by atoms with Crippen LogP contribution in [0.1, 0.15) is 38.9 Å². The molecule has 0 amide bonds. The molecule has 0 bridgehead atoms. The molecule has 0 spiro atoms. The second-order valence-electron chi connectivity index (χ2n) is 5.83. The van der Waals surface area contributed by atoms with Crippen molar-refractivity contribution < 1.29 is 23.8 Å². The molecule has 1 heterocycles. The van der Waals surface area contributed by atoms with Crippen molar-refractivity contribution in [1.29, 1.82) is 0 Å². The van der Waals surface area contributed by atoms with Crippen LogP contribution in [0, 0.1) is 0 Å². The number of H-pyrrole nitrogens is 1. The number of ketones is 1. The Kier molecular flexibility index (Phi) is 8.41. The number of carbonyl (C=O) groups is 2. The Morgan fingerprint density at radius 1 is 1.14 bits per heavy atom. The van der Waals surface area contributed by atoms with E-state index < -0.39 is 17.3 Å². The molecule has 0 fully saturated rings. The number of hydrogen-bond donors (Lipinski definition) is 1. The molecule has 0 radical (unpaired) electrons. The number of carbonyl (C=O) groups excluding carboxylic acids is 2. The van der Waals surface area contributed by atoms with E-state index in [0.29, 0.717) is 18.7 Å². The first kappa shape index (κ1) is 21.8. The van der Waals surface area contributed by atoms with E-state index in [4.69, 9.17) is 14.2 Å². The van der Waals surface area contributed by atoms with E-state index in [2.05, 4.69) is 20.9 Å². The molecule has 8 heteroatoms. The van der Waals surface area contributed by atoms with Crippen molar-refractivity contribution in [2.24, 2.45) is 0 Å². The van der Waals surface area contributed by atoms with Crippen LogP contribution >= 0.6 is 15.9 Å². The Bertz CT molecular complexity index is 875. The number of rotatable bonds is 10. The number of pyridine rings is 1. The molecule has 1 aromatic carbocycles. The highest BCUT2D eigenvalue weighted by Gasteiger charge is 2.19. The average Bonchev–Trinajstić information content (AvgIpc) is 2.71. The maximum atomic E-state index is 12.2. The Morgan fingerprint density at radius 2 is 1.86 bits per heavy atom. The van der Waals surface area contributed by atoms with E-state index in [1.165, 1.54) is 6.07 Å². The van der Waals surface area contributed by atoms with Gasteiger partial charge in [-0.05, 0) is 30.7 Å². The largest absolute Gasteiger partial charge is 0.497 e. The maximum Gasteiger partial charge on any atom is 0.339 e. The highest BCUT2D eigenvalue weighted by molar-refractivity contribution is 9.09. The minimum Gasteiger partial charge on any atom is -0.497 e. The Balaban J connectivity index is 2.09. The van der Waals surface area contributed by atoms with Crippen LogP contribution in [-0.2, 0) is 22.5 Å². The number of hydrogen-bond acceptors (Lipinski definition) is 6. The second-order valence-corrected chi connectivity index (χ2v) is 6.39. The third kappa shape index (κ3) is 5.77. The minimum absolute atomic E-state index is 0.0112. The summed E-state index contributed by atoms with van der Waals surface area (Å²) in [4.78, 5) is 38.9.